The molecule has 0 aromatic heterocycles. The smallest absolute Gasteiger partial charge is 0.335 e. The first-order valence-corrected chi connectivity index (χ1v) is 6.41. The molecule has 4 bridgehead atoms. The molecule has 4 aliphatic rings. The third-order valence-corrected chi connectivity index (χ3v) is 4.10. The van der Waals surface area contributed by atoms with Crippen molar-refractivity contribution in [1.29, 1.82) is 0 Å². The number of hydrogen-bond acceptors (Lipinski definition) is 1. The highest BCUT2D eigenvalue weighted by molar-refractivity contribution is 5.96. The highest BCUT2D eigenvalue weighted by atomic mass is 16.4. The zero-order chi connectivity index (χ0) is 13.0. The second-order valence-electron chi connectivity index (χ2n) is 5.16. The van der Waals surface area contributed by atoms with Gasteiger partial charge in [0.25, 0.3) is 0 Å². The van der Waals surface area contributed by atoms with Gasteiger partial charge in [0.05, 0.1) is 5.56 Å². The molecule has 0 saturated carbocycles. The molecule has 2 heteroatoms. The van der Waals surface area contributed by atoms with Crippen molar-refractivity contribution in [3.05, 3.63) is 75.9 Å². The van der Waals surface area contributed by atoms with E-state index < -0.39 is 5.97 Å². The fourth-order valence-corrected chi connectivity index (χ4v) is 3.22. The summed E-state index contributed by atoms with van der Waals surface area (Å²) in [6, 6.07) is 5.57. The summed E-state index contributed by atoms with van der Waals surface area (Å²) in [5, 5.41) is 9.34. The Morgan fingerprint density at radius 1 is 1.11 bits per heavy atom. The van der Waals surface area contributed by atoms with Crippen LogP contribution in [0.4, 0.5) is 0 Å². The van der Waals surface area contributed by atoms with Crippen molar-refractivity contribution in [3.63, 3.8) is 0 Å². The first-order chi connectivity index (χ1) is 9.24. The number of allylic oxidation sites excluding steroid dienone is 8. The molecule has 19 heavy (non-hydrogen) atoms. The first-order valence-electron chi connectivity index (χ1n) is 6.41. The van der Waals surface area contributed by atoms with Gasteiger partial charge in [-0.25, -0.2) is 4.79 Å². The van der Waals surface area contributed by atoms with Crippen LogP contribution >= 0.6 is 0 Å². The highest BCUT2D eigenvalue weighted by Crippen LogP contribution is 2.43. The van der Waals surface area contributed by atoms with Crippen LogP contribution in [0.2, 0.25) is 0 Å². The van der Waals surface area contributed by atoms with E-state index in [4.69, 9.17) is 0 Å². The van der Waals surface area contributed by atoms with Gasteiger partial charge in [-0.15, -0.1) is 0 Å². The predicted molar refractivity (Wildman–Crippen MR) is 73.9 cm³/mol. The Balaban J connectivity index is 2.02. The zero-order valence-corrected chi connectivity index (χ0v) is 10.3. The standard InChI is InChI=1S/C17H12O2/c18-17(19)15-3-1-2-13-14-7-5-10-4-6-12(14)11(8-10)9-16(13)15/h1-7H,8-9H2,(H,18,19). The Hall–Kier alpha value is -2.35. The van der Waals surface area contributed by atoms with Gasteiger partial charge in [0.15, 0.2) is 0 Å². The van der Waals surface area contributed by atoms with E-state index in [1.165, 1.54) is 22.3 Å². The van der Waals surface area contributed by atoms with E-state index in [2.05, 4.69) is 24.3 Å². The second-order valence-corrected chi connectivity index (χ2v) is 5.16. The molecule has 4 aliphatic carbocycles. The van der Waals surface area contributed by atoms with Crippen molar-refractivity contribution in [1.82, 2.24) is 0 Å². The van der Waals surface area contributed by atoms with Crippen LogP contribution in [0.15, 0.2) is 59.2 Å². The van der Waals surface area contributed by atoms with E-state index in [0.29, 0.717) is 5.56 Å². The molecule has 5 rings (SSSR count). The maximum absolute atomic E-state index is 11.4. The first kappa shape index (κ1) is 10.6. The Morgan fingerprint density at radius 3 is 2.84 bits per heavy atom. The molecule has 0 aliphatic heterocycles. The largest absolute Gasteiger partial charge is 0.478 e. The minimum Gasteiger partial charge on any atom is -0.478 e. The molecule has 1 aromatic carbocycles. The lowest BCUT2D eigenvalue weighted by Gasteiger charge is -2.26. The third-order valence-electron chi connectivity index (χ3n) is 4.10. The Kier molecular flexibility index (Phi) is 1.99. The van der Waals surface area contributed by atoms with Crippen LogP contribution in [0, 0.1) is 0 Å². The molecule has 0 spiro atoms. The lowest BCUT2D eigenvalue weighted by atomic mass is 9.78. The number of hydrogen-bond donors (Lipinski definition) is 1. The molecule has 0 saturated heterocycles. The van der Waals surface area contributed by atoms with Gasteiger partial charge in [-0.3, -0.25) is 0 Å². The summed E-state index contributed by atoms with van der Waals surface area (Å²) in [6.07, 6.45) is 10.3. The van der Waals surface area contributed by atoms with Crippen molar-refractivity contribution in [3.8, 4) is 0 Å². The number of carboxylic acids is 1. The van der Waals surface area contributed by atoms with Crippen LogP contribution in [0.1, 0.15) is 27.9 Å². The van der Waals surface area contributed by atoms with Gasteiger partial charge in [0, 0.05) is 0 Å². The number of aromatic carboxylic acids is 1. The number of carboxylic acid groups (broad SMARTS) is 1. The van der Waals surface area contributed by atoms with Gasteiger partial charge in [-0.05, 0) is 46.8 Å². The summed E-state index contributed by atoms with van der Waals surface area (Å²) >= 11 is 0. The summed E-state index contributed by atoms with van der Waals surface area (Å²) in [6.45, 7) is 0. The molecule has 2 nitrogen and oxygen atoms in total. The molecular formula is C17H12O2. The minimum absolute atomic E-state index is 0.438. The quantitative estimate of drug-likeness (QED) is 0.825. The maximum atomic E-state index is 11.4. The molecule has 0 radical (unpaired) electrons. The second kappa shape index (κ2) is 3.58. The van der Waals surface area contributed by atoms with Gasteiger partial charge < -0.3 is 5.11 Å². The Morgan fingerprint density at radius 2 is 2.00 bits per heavy atom. The Labute approximate surface area is 111 Å². The summed E-state index contributed by atoms with van der Waals surface area (Å²) in [7, 11) is 0. The highest BCUT2D eigenvalue weighted by Gasteiger charge is 2.27. The SMILES string of the molecule is O=C(O)c1cccc2c1CC1=C3C=CC(=CC=C32)C1. The fraction of sp³-hybridized carbons (Fsp3) is 0.118. The van der Waals surface area contributed by atoms with Crippen molar-refractivity contribution in [2.75, 3.05) is 0 Å². The van der Waals surface area contributed by atoms with E-state index in [1.54, 1.807) is 6.07 Å². The maximum Gasteiger partial charge on any atom is 0.335 e. The minimum atomic E-state index is -0.834. The van der Waals surface area contributed by atoms with Crippen LogP contribution < -0.4 is 0 Å². The molecule has 0 atom stereocenters. The average Bonchev–Trinajstić information content (AvgIpc) is 2.68. The molecule has 0 unspecified atom stereocenters. The van der Waals surface area contributed by atoms with E-state index >= 15 is 0 Å². The van der Waals surface area contributed by atoms with Crippen LogP contribution in [0.3, 0.4) is 0 Å². The van der Waals surface area contributed by atoms with E-state index in [0.717, 1.165) is 24.0 Å². The van der Waals surface area contributed by atoms with Crippen LogP contribution in [-0.4, -0.2) is 11.1 Å². The topological polar surface area (TPSA) is 37.3 Å². The number of rotatable bonds is 1. The Bertz CT molecular complexity index is 743. The third kappa shape index (κ3) is 1.40. The lowest BCUT2D eigenvalue weighted by molar-refractivity contribution is 0.0696. The fourth-order valence-electron chi connectivity index (χ4n) is 3.22. The summed E-state index contributed by atoms with van der Waals surface area (Å²) in [5.74, 6) is -0.834. The van der Waals surface area contributed by atoms with Crippen molar-refractivity contribution >= 4 is 11.5 Å². The monoisotopic (exact) mass is 248 g/mol. The molecule has 1 aromatic rings. The van der Waals surface area contributed by atoms with Crippen LogP contribution in [0.5, 0.6) is 0 Å². The van der Waals surface area contributed by atoms with E-state index in [-0.39, 0.29) is 0 Å². The van der Waals surface area contributed by atoms with Crippen molar-refractivity contribution in [2.45, 2.75) is 12.8 Å². The van der Waals surface area contributed by atoms with Gasteiger partial charge >= 0.3 is 5.97 Å². The number of fused-ring (bicyclic) bond motifs is 2. The average molecular weight is 248 g/mol. The van der Waals surface area contributed by atoms with Crippen molar-refractivity contribution in [2.24, 2.45) is 0 Å². The predicted octanol–water partition coefficient (Wildman–Crippen LogP) is 3.52. The summed E-state index contributed by atoms with van der Waals surface area (Å²) in [5.41, 5.74) is 7.58. The molecular weight excluding hydrogens is 236 g/mol. The van der Waals surface area contributed by atoms with Gasteiger partial charge in [0.1, 0.15) is 0 Å². The van der Waals surface area contributed by atoms with Gasteiger partial charge in [-0.2, -0.15) is 0 Å². The zero-order valence-electron chi connectivity index (χ0n) is 10.3. The van der Waals surface area contributed by atoms with Gasteiger partial charge in [-0.1, -0.05) is 42.0 Å². The molecule has 0 fully saturated rings. The van der Waals surface area contributed by atoms with Crippen molar-refractivity contribution < 1.29 is 9.90 Å². The normalized spacial score (nSPS) is 18.7. The molecule has 92 valence electrons. The summed E-state index contributed by atoms with van der Waals surface area (Å²) < 4.78 is 0. The van der Waals surface area contributed by atoms with E-state index in [9.17, 15) is 9.90 Å². The lowest BCUT2D eigenvalue weighted by Crippen LogP contribution is -2.13. The number of carbonyl (C=O) groups is 1. The van der Waals surface area contributed by atoms with Crippen LogP contribution in [-0.2, 0) is 6.42 Å². The number of benzene rings is 1. The molecule has 0 heterocycles. The van der Waals surface area contributed by atoms with Crippen LogP contribution in [0.25, 0.3) is 5.57 Å². The van der Waals surface area contributed by atoms with E-state index in [1.807, 2.05) is 12.1 Å². The molecule has 0 amide bonds. The summed E-state index contributed by atoms with van der Waals surface area (Å²) in [4.78, 5) is 11.4. The van der Waals surface area contributed by atoms with Gasteiger partial charge in [0.2, 0.25) is 0 Å². The molecule has 1 N–H and O–H groups in total.